The molecule has 8 heteroatoms. The third kappa shape index (κ3) is 5.10. The van der Waals surface area contributed by atoms with Crippen molar-refractivity contribution in [1.82, 2.24) is 20.8 Å². The molecule has 4 aromatic rings. The predicted octanol–water partition coefficient (Wildman–Crippen LogP) is 3.12. The van der Waals surface area contributed by atoms with Gasteiger partial charge in [-0.15, -0.1) is 0 Å². The highest BCUT2D eigenvalue weighted by Crippen LogP contribution is 2.24. The summed E-state index contributed by atoms with van der Waals surface area (Å²) in [5.41, 5.74) is 1.87. The number of amides is 2. The monoisotopic (exact) mass is 430 g/mol. The number of fused-ring (bicyclic) bond motifs is 1. The van der Waals surface area contributed by atoms with Crippen LogP contribution in [0.15, 0.2) is 71.3 Å². The number of benzene rings is 3. The molecule has 0 fully saturated rings. The SMILES string of the molecule is Cc1ccc(-c2noc(C(=O)NCCNC(=O)COc3cccc4ccccc34)n2)cc1. The lowest BCUT2D eigenvalue weighted by Crippen LogP contribution is -2.36. The number of aromatic nitrogens is 2. The fraction of sp³-hybridized carbons (Fsp3) is 0.167. The van der Waals surface area contributed by atoms with E-state index in [1.165, 1.54) is 0 Å². The molecule has 0 radical (unpaired) electrons. The van der Waals surface area contributed by atoms with E-state index in [0.29, 0.717) is 11.6 Å². The van der Waals surface area contributed by atoms with Crippen molar-refractivity contribution in [1.29, 1.82) is 0 Å². The highest BCUT2D eigenvalue weighted by atomic mass is 16.5. The van der Waals surface area contributed by atoms with E-state index in [0.717, 1.165) is 21.9 Å². The molecule has 0 saturated heterocycles. The van der Waals surface area contributed by atoms with Crippen LogP contribution in [0.1, 0.15) is 16.2 Å². The predicted molar refractivity (Wildman–Crippen MR) is 119 cm³/mol. The summed E-state index contributed by atoms with van der Waals surface area (Å²) in [6, 6.07) is 21.1. The van der Waals surface area contributed by atoms with Crippen LogP contribution in [0.5, 0.6) is 5.75 Å². The molecular weight excluding hydrogens is 408 g/mol. The zero-order chi connectivity index (χ0) is 22.3. The maximum absolute atomic E-state index is 12.2. The topological polar surface area (TPSA) is 106 Å². The van der Waals surface area contributed by atoms with Crippen LogP contribution in [0, 0.1) is 6.92 Å². The molecule has 2 N–H and O–H groups in total. The summed E-state index contributed by atoms with van der Waals surface area (Å²) >= 11 is 0. The van der Waals surface area contributed by atoms with Crippen molar-refractivity contribution < 1.29 is 18.8 Å². The third-order valence-electron chi connectivity index (χ3n) is 4.77. The Morgan fingerprint density at radius 1 is 0.938 bits per heavy atom. The lowest BCUT2D eigenvalue weighted by Gasteiger charge is -2.10. The lowest BCUT2D eigenvalue weighted by molar-refractivity contribution is -0.123. The van der Waals surface area contributed by atoms with Gasteiger partial charge in [-0.25, -0.2) is 0 Å². The first-order valence-corrected chi connectivity index (χ1v) is 10.2. The molecule has 4 rings (SSSR count). The summed E-state index contributed by atoms with van der Waals surface area (Å²) in [5, 5.41) is 11.2. The molecule has 1 heterocycles. The van der Waals surface area contributed by atoms with Crippen molar-refractivity contribution in [2.24, 2.45) is 0 Å². The quantitative estimate of drug-likeness (QED) is 0.416. The van der Waals surface area contributed by atoms with Crippen LogP contribution >= 0.6 is 0 Å². The Labute approximate surface area is 184 Å². The fourth-order valence-corrected chi connectivity index (χ4v) is 3.11. The average Bonchev–Trinajstić information content (AvgIpc) is 3.31. The summed E-state index contributed by atoms with van der Waals surface area (Å²) in [6.45, 7) is 2.31. The van der Waals surface area contributed by atoms with Gasteiger partial charge in [0.25, 0.3) is 5.91 Å². The Morgan fingerprint density at radius 2 is 1.69 bits per heavy atom. The Balaban J connectivity index is 1.21. The Bertz CT molecular complexity index is 1230. The second-order valence-electron chi connectivity index (χ2n) is 7.16. The van der Waals surface area contributed by atoms with Gasteiger partial charge in [0.1, 0.15) is 5.75 Å². The highest BCUT2D eigenvalue weighted by molar-refractivity contribution is 5.90. The summed E-state index contributed by atoms with van der Waals surface area (Å²) in [7, 11) is 0. The van der Waals surface area contributed by atoms with Crippen LogP contribution in [-0.4, -0.2) is 41.7 Å². The van der Waals surface area contributed by atoms with Crippen molar-refractivity contribution in [3.63, 3.8) is 0 Å². The van der Waals surface area contributed by atoms with Gasteiger partial charge in [-0.2, -0.15) is 4.98 Å². The fourth-order valence-electron chi connectivity index (χ4n) is 3.11. The third-order valence-corrected chi connectivity index (χ3v) is 4.77. The molecule has 32 heavy (non-hydrogen) atoms. The minimum Gasteiger partial charge on any atom is -0.483 e. The zero-order valence-corrected chi connectivity index (χ0v) is 17.5. The Morgan fingerprint density at radius 3 is 2.53 bits per heavy atom. The van der Waals surface area contributed by atoms with Gasteiger partial charge in [0, 0.05) is 24.0 Å². The smallest absolute Gasteiger partial charge is 0.316 e. The Kier molecular flexibility index (Phi) is 6.41. The summed E-state index contributed by atoms with van der Waals surface area (Å²) < 4.78 is 10.7. The minimum absolute atomic E-state index is 0.120. The van der Waals surface area contributed by atoms with Crippen LogP contribution < -0.4 is 15.4 Å². The van der Waals surface area contributed by atoms with Crippen molar-refractivity contribution in [3.8, 4) is 17.1 Å². The van der Waals surface area contributed by atoms with Gasteiger partial charge in [0.05, 0.1) is 0 Å². The molecule has 0 aliphatic carbocycles. The average molecular weight is 430 g/mol. The maximum Gasteiger partial charge on any atom is 0.316 e. The highest BCUT2D eigenvalue weighted by Gasteiger charge is 2.15. The van der Waals surface area contributed by atoms with Gasteiger partial charge < -0.3 is 19.9 Å². The van der Waals surface area contributed by atoms with E-state index < -0.39 is 5.91 Å². The van der Waals surface area contributed by atoms with Gasteiger partial charge in [-0.05, 0) is 18.4 Å². The molecule has 3 aromatic carbocycles. The number of carbonyl (C=O) groups excluding carboxylic acids is 2. The van der Waals surface area contributed by atoms with Gasteiger partial charge in [0.2, 0.25) is 5.82 Å². The molecule has 0 spiro atoms. The van der Waals surface area contributed by atoms with Crippen molar-refractivity contribution in [3.05, 3.63) is 78.2 Å². The van der Waals surface area contributed by atoms with E-state index in [2.05, 4.69) is 20.8 Å². The van der Waals surface area contributed by atoms with Crippen LogP contribution in [0.25, 0.3) is 22.2 Å². The minimum atomic E-state index is -0.503. The second-order valence-corrected chi connectivity index (χ2v) is 7.16. The van der Waals surface area contributed by atoms with Gasteiger partial charge >= 0.3 is 11.8 Å². The van der Waals surface area contributed by atoms with Gasteiger partial charge in [-0.1, -0.05) is 71.4 Å². The van der Waals surface area contributed by atoms with Crippen LogP contribution in [0.4, 0.5) is 0 Å². The summed E-state index contributed by atoms with van der Waals surface area (Å²) in [6.07, 6.45) is 0. The summed E-state index contributed by atoms with van der Waals surface area (Å²) in [5.74, 6) is 0.0660. The molecule has 0 aliphatic rings. The number of nitrogens with one attached hydrogen (secondary N) is 2. The maximum atomic E-state index is 12.2. The number of carbonyl (C=O) groups is 2. The van der Waals surface area contributed by atoms with E-state index >= 15 is 0 Å². The molecule has 162 valence electrons. The van der Waals surface area contributed by atoms with Crippen LogP contribution in [0.3, 0.4) is 0 Å². The first-order chi connectivity index (χ1) is 15.6. The van der Waals surface area contributed by atoms with E-state index in [4.69, 9.17) is 9.26 Å². The molecule has 8 nitrogen and oxygen atoms in total. The van der Waals surface area contributed by atoms with Crippen molar-refractivity contribution >= 4 is 22.6 Å². The van der Waals surface area contributed by atoms with Crippen LogP contribution in [-0.2, 0) is 4.79 Å². The van der Waals surface area contributed by atoms with Gasteiger partial charge in [0.15, 0.2) is 6.61 Å². The number of ether oxygens (including phenoxy) is 1. The molecular formula is C24H22N4O4. The molecule has 0 saturated carbocycles. The van der Waals surface area contributed by atoms with E-state index in [-0.39, 0.29) is 31.5 Å². The van der Waals surface area contributed by atoms with Gasteiger partial charge in [-0.3, -0.25) is 9.59 Å². The second kappa shape index (κ2) is 9.74. The molecule has 0 bridgehead atoms. The first kappa shape index (κ1) is 21.0. The number of hydrogen-bond acceptors (Lipinski definition) is 6. The normalized spacial score (nSPS) is 10.7. The van der Waals surface area contributed by atoms with E-state index in [1.54, 1.807) is 0 Å². The molecule has 0 aliphatic heterocycles. The number of rotatable bonds is 8. The van der Waals surface area contributed by atoms with Crippen LogP contribution in [0.2, 0.25) is 0 Å². The van der Waals surface area contributed by atoms with E-state index in [9.17, 15) is 9.59 Å². The molecule has 1 aromatic heterocycles. The lowest BCUT2D eigenvalue weighted by atomic mass is 10.1. The van der Waals surface area contributed by atoms with Crippen molar-refractivity contribution in [2.75, 3.05) is 19.7 Å². The number of nitrogens with zero attached hydrogens (tertiary/aromatic N) is 2. The molecule has 0 atom stereocenters. The number of hydrogen-bond donors (Lipinski definition) is 2. The molecule has 0 unspecified atom stereocenters. The zero-order valence-electron chi connectivity index (χ0n) is 17.5. The van der Waals surface area contributed by atoms with E-state index in [1.807, 2.05) is 73.7 Å². The summed E-state index contributed by atoms with van der Waals surface area (Å²) in [4.78, 5) is 28.4. The Hall–Kier alpha value is -4.20. The number of aryl methyl sites for hydroxylation is 1. The first-order valence-electron chi connectivity index (χ1n) is 10.2. The largest absolute Gasteiger partial charge is 0.483 e. The standard InChI is InChI=1S/C24H22N4O4/c1-16-9-11-18(12-10-16)22-27-24(32-28-22)23(30)26-14-13-25-21(29)15-31-20-8-4-6-17-5-2-3-7-19(17)20/h2-12H,13-15H2,1H3,(H,25,29)(H,26,30). The van der Waals surface area contributed by atoms with Crippen molar-refractivity contribution in [2.45, 2.75) is 6.92 Å². The molecule has 2 amide bonds.